The Balaban J connectivity index is 2.03. The Labute approximate surface area is 132 Å². The van der Waals surface area contributed by atoms with E-state index in [0.29, 0.717) is 19.1 Å². The predicted octanol–water partition coefficient (Wildman–Crippen LogP) is 3.06. The van der Waals surface area contributed by atoms with Crippen molar-refractivity contribution in [3.8, 4) is 0 Å². The molecule has 1 aromatic rings. The molecule has 0 aliphatic heterocycles. The molecule has 6 heteroatoms. The quantitative estimate of drug-likeness (QED) is 0.684. The molecule has 0 atom stereocenters. The molecule has 0 bridgehead atoms. The first-order chi connectivity index (χ1) is 10.0. The van der Waals surface area contributed by atoms with E-state index in [9.17, 15) is 8.42 Å². The molecule has 118 valence electrons. The van der Waals surface area contributed by atoms with E-state index in [1.807, 2.05) is 6.07 Å². The molecule has 1 aliphatic carbocycles. The molecule has 0 radical (unpaired) electrons. The molecule has 1 aliphatic rings. The number of sulfonamides is 1. The van der Waals surface area contributed by atoms with Crippen LogP contribution in [0, 0.1) is 0 Å². The molecule has 0 saturated heterocycles. The topological polar surface area (TPSA) is 58.2 Å². The highest BCUT2D eigenvalue weighted by Crippen LogP contribution is 2.24. The summed E-state index contributed by atoms with van der Waals surface area (Å²) in [5, 5.41) is 3.64. The van der Waals surface area contributed by atoms with E-state index >= 15 is 0 Å². The van der Waals surface area contributed by atoms with E-state index in [1.54, 1.807) is 12.1 Å². The molecule has 0 amide bonds. The van der Waals surface area contributed by atoms with Crippen molar-refractivity contribution < 1.29 is 8.42 Å². The summed E-state index contributed by atoms with van der Waals surface area (Å²) in [4.78, 5) is 0.177. The lowest BCUT2D eigenvalue weighted by molar-refractivity contribution is 0.575. The van der Waals surface area contributed by atoms with Crippen LogP contribution in [-0.2, 0) is 16.6 Å². The summed E-state index contributed by atoms with van der Waals surface area (Å²) >= 11 is 6.06. The van der Waals surface area contributed by atoms with Crippen LogP contribution in [0.4, 0.5) is 0 Å². The second-order valence-corrected chi connectivity index (χ2v) is 7.67. The summed E-state index contributed by atoms with van der Waals surface area (Å²) in [5.41, 5.74) is 0.945. The average molecular weight is 331 g/mol. The van der Waals surface area contributed by atoms with Crippen molar-refractivity contribution in [2.45, 2.75) is 56.5 Å². The number of halogens is 1. The monoisotopic (exact) mass is 330 g/mol. The molecule has 2 N–H and O–H groups in total. The second kappa shape index (κ2) is 7.58. The van der Waals surface area contributed by atoms with Crippen molar-refractivity contribution >= 4 is 21.6 Å². The summed E-state index contributed by atoms with van der Waals surface area (Å²) < 4.78 is 27.2. The van der Waals surface area contributed by atoms with Gasteiger partial charge in [-0.2, -0.15) is 0 Å². The molecule has 0 unspecified atom stereocenters. The van der Waals surface area contributed by atoms with Crippen LogP contribution >= 0.6 is 11.6 Å². The van der Waals surface area contributed by atoms with Gasteiger partial charge in [-0.15, -0.1) is 0 Å². The van der Waals surface area contributed by atoms with Gasteiger partial charge in [0.25, 0.3) is 0 Å². The SMILES string of the molecule is CCCCCNS(=O)(=O)c1cc(CNC2CC2)ccc1Cl. The third kappa shape index (κ3) is 5.25. The van der Waals surface area contributed by atoms with Gasteiger partial charge >= 0.3 is 0 Å². The minimum Gasteiger partial charge on any atom is -0.310 e. The average Bonchev–Trinajstić information content (AvgIpc) is 3.27. The van der Waals surface area contributed by atoms with Gasteiger partial charge in [0.15, 0.2) is 0 Å². The Morgan fingerprint density at radius 2 is 2.05 bits per heavy atom. The first kappa shape index (κ1) is 16.7. The summed E-state index contributed by atoms with van der Waals surface area (Å²) in [6.07, 6.45) is 5.33. The van der Waals surface area contributed by atoms with Crippen LogP contribution in [0.1, 0.15) is 44.6 Å². The molecule has 4 nitrogen and oxygen atoms in total. The molecule has 1 saturated carbocycles. The maximum atomic E-state index is 12.3. The van der Waals surface area contributed by atoms with Crippen LogP contribution in [0.15, 0.2) is 23.1 Å². The van der Waals surface area contributed by atoms with E-state index in [0.717, 1.165) is 24.8 Å². The minimum absolute atomic E-state index is 0.177. The fourth-order valence-electron chi connectivity index (χ4n) is 2.07. The third-order valence-corrected chi connectivity index (χ3v) is 5.47. The standard InChI is InChI=1S/C15H23ClN2O2S/c1-2-3-4-9-18-21(19,20)15-10-12(5-8-14(15)16)11-17-13-6-7-13/h5,8,10,13,17-18H,2-4,6-7,9,11H2,1H3. The molecule has 2 rings (SSSR count). The first-order valence-corrected chi connectivity index (χ1v) is 9.40. The molecular weight excluding hydrogens is 308 g/mol. The van der Waals surface area contributed by atoms with E-state index in [2.05, 4.69) is 17.0 Å². The number of hydrogen-bond acceptors (Lipinski definition) is 3. The number of benzene rings is 1. The van der Waals surface area contributed by atoms with Gasteiger partial charge in [-0.05, 0) is 37.0 Å². The third-order valence-electron chi connectivity index (χ3n) is 3.53. The van der Waals surface area contributed by atoms with Gasteiger partial charge < -0.3 is 5.32 Å². The van der Waals surface area contributed by atoms with Crippen LogP contribution < -0.4 is 10.0 Å². The summed E-state index contributed by atoms with van der Waals surface area (Å²) in [6, 6.07) is 5.78. The van der Waals surface area contributed by atoms with Crippen LogP contribution in [0.5, 0.6) is 0 Å². The number of rotatable bonds is 9. The highest BCUT2D eigenvalue weighted by atomic mass is 35.5. The Morgan fingerprint density at radius 3 is 2.71 bits per heavy atom. The zero-order valence-electron chi connectivity index (χ0n) is 12.4. The van der Waals surface area contributed by atoms with Crippen molar-refractivity contribution in [3.63, 3.8) is 0 Å². The van der Waals surface area contributed by atoms with Crippen molar-refractivity contribution in [1.82, 2.24) is 10.0 Å². The fourth-order valence-corrected chi connectivity index (χ4v) is 3.69. The van der Waals surface area contributed by atoms with Gasteiger partial charge in [-0.25, -0.2) is 13.1 Å². The van der Waals surface area contributed by atoms with Crippen molar-refractivity contribution in [1.29, 1.82) is 0 Å². The predicted molar refractivity (Wildman–Crippen MR) is 86.0 cm³/mol. The van der Waals surface area contributed by atoms with Gasteiger partial charge in [-0.1, -0.05) is 37.4 Å². The molecular formula is C15H23ClN2O2S. The Hall–Kier alpha value is -0.620. The lowest BCUT2D eigenvalue weighted by atomic mass is 10.2. The number of unbranched alkanes of at least 4 members (excludes halogenated alkanes) is 2. The molecule has 0 heterocycles. The Bertz CT molecular complexity index is 571. The van der Waals surface area contributed by atoms with E-state index < -0.39 is 10.0 Å². The van der Waals surface area contributed by atoms with E-state index in [1.165, 1.54) is 12.8 Å². The lowest BCUT2D eigenvalue weighted by Gasteiger charge is -2.10. The summed E-state index contributed by atoms with van der Waals surface area (Å²) in [7, 11) is -3.53. The smallest absolute Gasteiger partial charge is 0.242 e. The van der Waals surface area contributed by atoms with Gasteiger partial charge in [0.05, 0.1) is 5.02 Å². The number of hydrogen-bond donors (Lipinski definition) is 2. The molecule has 21 heavy (non-hydrogen) atoms. The van der Waals surface area contributed by atoms with Gasteiger partial charge in [-0.3, -0.25) is 0 Å². The maximum absolute atomic E-state index is 12.3. The summed E-state index contributed by atoms with van der Waals surface area (Å²) in [6.45, 7) is 3.22. The maximum Gasteiger partial charge on any atom is 0.242 e. The largest absolute Gasteiger partial charge is 0.310 e. The normalized spacial score (nSPS) is 15.3. The van der Waals surface area contributed by atoms with E-state index in [4.69, 9.17) is 11.6 Å². The fraction of sp³-hybridized carbons (Fsp3) is 0.600. The van der Waals surface area contributed by atoms with Gasteiger partial charge in [0, 0.05) is 19.1 Å². The summed E-state index contributed by atoms with van der Waals surface area (Å²) in [5.74, 6) is 0. The zero-order valence-corrected chi connectivity index (χ0v) is 13.9. The Kier molecular flexibility index (Phi) is 6.05. The van der Waals surface area contributed by atoms with Crippen molar-refractivity contribution in [2.75, 3.05) is 6.54 Å². The minimum atomic E-state index is -3.53. The second-order valence-electron chi connectivity index (χ2n) is 5.52. The van der Waals surface area contributed by atoms with Crippen LogP contribution in [0.3, 0.4) is 0 Å². The van der Waals surface area contributed by atoms with Crippen molar-refractivity contribution in [3.05, 3.63) is 28.8 Å². The molecule has 0 spiro atoms. The molecule has 1 fully saturated rings. The Morgan fingerprint density at radius 1 is 1.29 bits per heavy atom. The highest BCUT2D eigenvalue weighted by molar-refractivity contribution is 7.89. The van der Waals surface area contributed by atoms with Crippen molar-refractivity contribution in [2.24, 2.45) is 0 Å². The lowest BCUT2D eigenvalue weighted by Crippen LogP contribution is -2.25. The molecule has 1 aromatic carbocycles. The first-order valence-electron chi connectivity index (χ1n) is 7.54. The molecule has 0 aromatic heterocycles. The number of nitrogens with one attached hydrogen (secondary N) is 2. The van der Waals surface area contributed by atoms with Gasteiger partial charge in [0.2, 0.25) is 10.0 Å². The van der Waals surface area contributed by atoms with Gasteiger partial charge in [0.1, 0.15) is 4.90 Å². The highest BCUT2D eigenvalue weighted by Gasteiger charge is 2.21. The van der Waals surface area contributed by atoms with E-state index in [-0.39, 0.29) is 9.92 Å². The van der Waals surface area contributed by atoms with Crippen LogP contribution in [0.25, 0.3) is 0 Å². The van der Waals surface area contributed by atoms with Crippen LogP contribution in [0.2, 0.25) is 5.02 Å². The van der Waals surface area contributed by atoms with Crippen LogP contribution in [-0.4, -0.2) is 21.0 Å². The zero-order chi connectivity index (χ0) is 15.3.